The quantitative estimate of drug-likeness (QED) is 0.892. The van der Waals surface area contributed by atoms with Gasteiger partial charge in [-0.3, -0.25) is 9.59 Å². The highest BCUT2D eigenvalue weighted by atomic mass is 16.5. The fourth-order valence-electron chi connectivity index (χ4n) is 2.67. The molecular formula is C13H18N2O4. The van der Waals surface area contributed by atoms with Crippen LogP contribution in [-0.4, -0.2) is 40.1 Å². The Kier molecular flexibility index (Phi) is 3.59. The van der Waals surface area contributed by atoms with E-state index in [0.29, 0.717) is 31.0 Å². The van der Waals surface area contributed by atoms with Crippen LogP contribution in [0.4, 0.5) is 0 Å². The molecule has 1 saturated heterocycles. The van der Waals surface area contributed by atoms with Crippen LogP contribution in [0.25, 0.3) is 0 Å². The van der Waals surface area contributed by atoms with Crippen molar-refractivity contribution in [3.63, 3.8) is 0 Å². The van der Waals surface area contributed by atoms with Crippen molar-refractivity contribution in [3.8, 4) is 0 Å². The first-order chi connectivity index (χ1) is 8.91. The minimum Gasteiger partial charge on any atom is -0.481 e. The van der Waals surface area contributed by atoms with Crippen LogP contribution < -0.4 is 0 Å². The number of carbonyl (C=O) groups excluding carboxylic acids is 1. The van der Waals surface area contributed by atoms with Crippen molar-refractivity contribution < 1.29 is 19.2 Å². The maximum absolute atomic E-state index is 12.4. The van der Waals surface area contributed by atoms with E-state index < -0.39 is 11.9 Å². The summed E-state index contributed by atoms with van der Waals surface area (Å²) < 4.78 is 5.07. The van der Waals surface area contributed by atoms with Gasteiger partial charge in [0.1, 0.15) is 5.76 Å². The van der Waals surface area contributed by atoms with Crippen LogP contribution in [-0.2, 0) is 9.59 Å². The highest BCUT2D eigenvalue weighted by Gasteiger charge is 2.34. The predicted molar refractivity (Wildman–Crippen MR) is 66.7 cm³/mol. The molecule has 0 radical (unpaired) electrons. The Morgan fingerprint density at radius 2 is 2.16 bits per heavy atom. The Morgan fingerprint density at radius 1 is 1.47 bits per heavy atom. The van der Waals surface area contributed by atoms with E-state index in [1.807, 2.05) is 6.92 Å². The topological polar surface area (TPSA) is 83.6 Å². The molecule has 2 atom stereocenters. The number of nitrogens with zero attached hydrogens (tertiary/aromatic N) is 2. The molecule has 6 heteroatoms. The average Bonchev–Trinajstić information content (AvgIpc) is 2.95. The van der Waals surface area contributed by atoms with Gasteiger partial charge in [-0.1, -0.05) is 5.16 Å². The summed E-state index contributed by atoms with van der Waals surface area (Å²) in [6.45, 7) is 6.19. The van der Waals surface area contributed by atoms with Crippen molar-refractivity contribution >= 4 is 11.9 Å². The van der Waals surface area contributed by atoms with Crippen LogP contribution >= 0.6 is 0 Å². The van der Waals surface area contributed by atoms with Gasteiger partial charge in [0.15, 0.2) is 0 Å². The highest BCUT2D eigenvalue weighted by Crippen LogP contribution is 2.27. The molecule has 6 nitrogen and oxygen atoms in total. The Labute approximate surface area is 111 Å². The second-order valence-electron chi connectivity index (χ2n) is 5.07. The van der Waals surface area contributed by atoms with Crippen LogP contribution in [0.15, 0.2) is 4.52 Å². The molecule has 2 heterocycles. The Hall–Kier alpha value is -1.85. The number of carbonyl (C=O) groups is 2. The molecule has 0 unspecified atom stereocenters. The van der Waals surface area contributed by atoms with Gasteiger partial charge >= 0.3 is 5.97 Å². The molecule has 1 fully saturated rings. The molecule has 1 N–H and O–H groups in total. The first-order valence-corrected chi connectivity index (χ1v) is 6.36. The molecule has 1 aromatic rings. The minimum atomic E-state index is -0.833. The second kappa shape index (κ2) is 5.03. The summed E-state index contributed by atoms with van der Waals surface area (Å²) in [5.74, 6) is -1.04. The lowest BCUT2D eigenvalue weighted by Gasteiger charge is -2.20. The first kappa shape index (κ1) is 13.6. The Morgan fingerprint density at radius 3 is 2.63 bits per heavy atom. The van der Waals surface area contributed by atoms with Gasteiger partial charge in [-0.2, -0.15) is 0 Å². The number of carboxylic acids is 1. The van der Waals surface area contributed by atoms with Crippen molar-refractivity contribution in [2.75, 3.05) is 13.1 Å². The molecule has 0 aliphatic carbocycles. The summed E-state index contributed by atoms with van der Waals surface area (Å²) in [6.07, 6.45) is 0.523. The van der Waals surface area contributed by atoms with E-state index in [9.17, 15) is 9.59 Å². The van der Waals surface area contributed by atoms with E-state index in [1.54, 1.807) is 18.7 Å². The predicted octanol–water partition coefficient (Wildman–Crippen LogP) is 1.33. The van der Waals surface area contributed by atoms with E-state index in [0.717, 1.165) is 5.56 Å². The van der Waals surface area contributed by atoms with E-state index in [4.69, 9.17) is 9.63 Å². The normalized spacial score (nSPS) is 20.6. The number of aliphatic carboxylic acids is 1. The molecule has 1 aromatic heterocycles. The van der Waals surface area contributed by atoms with Gasteiger partial charge in [0.2, 0.25) is 5.91 Å². The molecule has 2 rings (SSSR count). The van der Waals surface area contributed by atoms with Gasteiger partial charge in [0, 0.05) is 18.7 Å². The summed E-state index contributed by atoms with van der Waals surface area (Å²) in [4.78, 5) is 24.9. The molecule has 1 amide bonds. The minimum absolute atomic E-state index is 0.0573. The standard InChI is InChI=1S/C13H18N2O4/c1-7(11-8(2)14-19-9(11)3)12(16)15-5-4-10(6-15)13(17)18/h7,10H,4-6H2,1-3H3,(H,17,18)/t7-,10-/m0/s1. The molecule has 19 heavy (non-hydrogen) atoms. The number of aromatic nitrogens is 1. The smallest absolute Gasteiger partial charge is 0.308 e. The monoisotopic (exact) mass is 266 g/mol. The molecule has 1 aliphatic rings. The summed E-state index contributed by atoms with van der Waals surface area (Å²) in [5.41, 5.74) is 1.52. The van der Waals surface area contributed by atoms with Crippen molar-refractivity contribution in [1.29, 1.82) is 0 Å². The summed E-state index contributed by atoms with van der Waals surface area (Å²) in [7, 11) is 0. The van der Waals surface area contributed by atoms with Crippen molar-refractivity contribution in [2.45, 2.75) is 33.1 Å². The summed E-state index contributed by atoms with van der Waals surface area (Å²) in [5, 5.41) is 12.8. The molecule has 0 spiro atoms. The largest absolute Gasteiger partial charge is 0.481 e. The van der Waals surface area contributed by atoms with Crippen LogP contribution in [0.5, 0.6) is 0 Å². The van der Waals surface area contributed by atoms with Gasteiger partial charge in [-0.25, -0.2) is 0 Å². The molecule has 104 valence electrons. The van der Waals surface area contributed by atoms with E-state index >= 15 is 0 Å². The summed E-state index contributed by atoms with van der Waals surface area (Å²) in [6, 6.07) is 0. The lowest BCUT2D eigenvalue weighted by atomic mass is 9.98. The number of aryl methyl sites for hydroxylation is 2. The van der Waals surface area contributed by atoms with Gasteiger partial charge < -0.3 is 14.5 Å². The van der Waals surface area contributed by atoms with E-state index in [-0.39, 0.29) is 11.8 Å². The van der Waals surface area contributed by atoms with E-state index in [1.165, 1.54) is 0 Å². The molecule has 0 bridgehead atoms. The second-order valence-corrected chi connectivity index (χ2v) is 5.07. The lowest BCUT2D eigenvalue weighted by molar-refractivity contribution is -0.141. The maximum Gasteiger partial charge on any atom is 0.308 e. The van der Waals surface area contributed by atoms with Crippen molar-refractivity contribution in [1.82, 2.24) is 10.1 Å². The van der Waals surface area contributed by atoms with Crippen LogP contribution in [0.1, 0.15) is 36.3 Å². The van der Waals surface area contributed by atoms with Crippen LogP contribution in [0.3, 0.4) is 0 Å². The number of likely N-dealkylation sites (tertiary alicyclic amines) is 1. The Balaban J connectivity index is 2.11. The SMILES string of the molecule is Cc1noc(C)c1[C@H](C)C(=O)N1CC[C@H](C(=O)O)C1. The fraction of sp³-hybridized carbons (Fsp3) is 0.615. The first-order valence-electron chi connectivity index (χ1n) is 6.36. The van der Waals surface area contributed by atoms with Gasteiger partial charge in [0.25, 0.3) is 0 Å². The van der Waals surface area contributed by atoms with Crippen LogP contribution in [0.2, 0.25) is 0 Å². The lowest BCUT2D eigenvalue weighted by Crippen LogP contribution is -2.33. The zero-order valence-electron chi connectivity index (χ0n) is 11.3. The molecular weight excluding hydrogens is 248 g/mol. The molecule has 1 aliphatic heterocycles. The zero-order chi connectivity index (χ0) is 14.2. The summed E-state index contributed by atoms with van der Waals surface area (Å²) >= 11 is 0. The fourth-order valence-corrected chi connectivity index (χ4v) is 2.67. The average molecular weight is 266 g/mol. The molecule has 0 saturated carbocycles. The zero-order valence-corrected chi connectivity index (χ0v) is 11.3. The van der Waals surface area contributed by atoms with Gasteiger partial charge in [-0.15, -0.1) is 0 Å². The maximum atomic E-state index is 12.4. The highest BCUT2D eigenvalue weighted by molar-refractivity contribution is 5.85. The third-order valence-corrected chi connectivity index (χ3v) is 3.74. The van der Waals surface area contributed by atoms with E-state index in [2.05, 4.69) is 5.16 Å². The third-order valence-electron chi connectivity index (χ3n) is 3.74. The molecule has 0 aromatic carbocycles. The number of amides is 1. The van der Waals surface area contributed by atoms with Crippen molar-refractivity contribution in [2.24, 2.45) is 5.92 Å². The number of hydrogen-bond donors (Lipinski definition) is 1. The number of hydrogen-bond acceptors (Lipinski definition) is 4. The Bertz CT molecular complexity index is 489. The third kappa shape index (κ3) is 2.47. The number of rotatable bonds is 3. The van der Waals surface area contributed by atoms with Crippen molar-refractivity contribution in [3.05, 3.63) is 17.0 Å². The number of carboxylic acid groups (broad SMARTS) is 1. The van der Waals surface area contributed by atoms with Crippen LogP contribution in [0, 0.1) is 19.8 Å². The van der Waals surface area contributed by atoms with Gasteiger partial charge in [-0.05, 0) is 27.2 Å². The van der Waals surface area contributed by atoms with Gasteiger partial charge in [0.05, 0.1) is 17.5 Å².